The van der Waals surface area contributed by atoms with Crippen molar-refractivity contribution < 1.29 is 19.5 Å². The van der Waals surface area contributed by atoms with Crippen LogP contribution in [0.5, 0.6) is 0 Å². The smallest absolute Gasteiger partial charge is 0.337 e. The van der Waals surface area contributed by atoms with Gasteiger partial charge in [0.05, 0.1) is 29.4 Å². The first-order valence-electron chi connectivity index (χ1n) is 11.2. The third-order valence-electron chi connectivity index (χ3n) is 6.93. The third kappa shape index (κ3) is 3.95. The molecular formula is C26H19Cl2N5O4. The molecule has 2 saturated heterocycles. The van der Waals surface area contributed by atoms with Gasteiger partial charge in [0.1, 0.15) is 11.4 Å². The van der Waals surface area contributed by atoms with Crippen LogP contribution in [-0.4, -0.2) is 58.6 Å². The Balaban J connectivity index is 1.61. The Morgan fingerprint density at radius 3 is 2.35 bits per heavy atom. The summed E-state index contributed by atoms with van der Waals surface area (Å²) in [5.41, 5.74) is 0.220. The number of carbonyl (C=O) groups is 3. The van der Waals surface area contributed by atoms with Crippen LogP contribution in [0.25, 0.3) is 0 Å². The first-order chi connectivity index (χ1) is 17.6. The van der Waals surface area contributed by atoms with Crippen LogP contribution in [0.1, 0.15) is 27.4 Å². The van der Waals surface area contributed by atoms with Gasteiger partial charge in [-0.1, -0.05) is 35.3 Å². The molecule has 1 spiro atoms. The van der Waals surface area contributed by atoms with E-state index in [-0.39, 0.29) is 27.8 Å². The van der Waals surface area contributed by atoms with Crippen LogP contribution < -0.4 is 9.80 Å². The number of benzene rings is 2. The molecule has 5 rings (SSSR count). The average molecular weight is 536 g/mol. The van der Waals surface area contributed by atoms with E-state index < -0.39 is 29.4 Å². The minimum absolute atomic E-state index is 0.0366. The lowest BCUT2D eigenvalue weighted by molar-refractivity contribution is -0.124. The standard InChI is InChI=1S/C26H19Cl2N5O4/c1-31-25(37)33(20-9-18(27)8-19(28)10-20)24(36)26(31)14-32(22-7-6-17(12-30-22)23(34)35)13-21(26)16-4-2-15(11-29)3-5-16/h2-10,12,21H,13-14H2,1H3,(H,34,35). The number of nitriles is 1. The predicted octanol–water partition coefficient (Wildman–Crippen LogP) is 4.40. The summed E-state index contributed by atoms with van der Waals surface area (Å²) in [7, 11) is 1.58. The molecule has 11 heteroatoms. The van der Waals surface area contributed by atoms with Crippen LogP contribution in [0.3, 0.4) is 0 Å². The van der Waals surface area contributed by atoms with Crippen molar-refractivity contribution in [1.82, 2.24) is 9.88 Å². The number of nitrogens with zero attached hydrogens (tertiary/aromatic N) is 5. The maximum Gasteiger partial charge on any atom is 0.337 e. The highest BCUT2D eigenvalue weighted by Gasteiger charge is 2.64. The number of hydrogen-bond donors (Lipinski definition) is 1. The maximum absolute atomic E-state index is 14.2. The van der Waals surface area contributed by atoms with Gasteiger partial charge in [-0.3, -0.25) is 4.79 Å². The second-order valence-electron chi connectivity index (χ2n) is 8.91. The Morgan fingerprint density at radius 1 is 1.11 bits per heavy atom. The number of carboxylic acid groups (broad SMARTS) is 1. The number of hydrogen-bond acceptors (Lipinski definition) is 6. The van der Waals surface area contributed by atoms with Crippen LogP contribution in [0.4, 0.5) is 16.3 Å². The van der Waals surface area contributed by atoms with E-state index in [1.54, 1.807) is 37.4 Å². The number of halogens is 2. The SMILES string of the molecule is CN1C(=O)N(c2cc(Cl)cc(Cl)c2)C(=O)C12CN(c1ccc(C(=O)O)cn1)CC2c1ccc(C#N)cc1. The number of rotatable bonds is 4. The van der Waals surface area contributed by atoms with E-state index in [1.807, 2.05) is 4.90 Å². The van der Waals surface area contributed by atoms with Gasteiger partial charge in [-0.05, 0) is 48.0 Å². The highest BCUT2D eigenvalue weighted by molar-refractivity contribution is 6.36. The van der Waals surface area contributed by atoms with Crippen molar-refractivity contribution in [2.24, 2.45) is 0 Å². The second kappa shape index (κ2) is 9.07. The highest BCUT2D eigenvalue weighted by atomic mass is 35.5. The first kappa shape index (κ1) is 24.6. The van der Waals surface area contributed by atoms with Crippen molar-refractivity contribution in [1.29, 1.82) is 5.26 Å². The quantitative estimate of drug-likeness (QED) is 0.491. The van der Waals surface area contributed by atoms with Gasteiger partial charge in [-0.15, -0.1) is 0 Å². The van der Waals surface area contributed by atoms with Crippen LogP contribution in [0.15, 0.2) is 60.8 Å². The number of anilines is 2. The summed E-state index contributed by atoms with van der Waals surface area (Å²) in [4.78, 5) is 47.7. The number of pyridine rings is 1. The molecule has 2 aliphatic rings. The molecule has 0 radical (unpaired) electrons. The van der Waals surface area contributed by atoms with E-state index in [1.165, 1.54) is 35.4 Å². The number of aromatic carboxylic acids is 1. The first-order valence-corrected chi connectivity index (χ1v) is 11.9. The van der Waals surface area contributed by atoms with Crippen molar-refractivity contribution in [2.75, 3.05) is 29.9 Å². The van der Waals surface area contributed by atoms with Gasteiger partial charge in [-0.25, -0.2) is 19.5 Å². The zero-order valence-electron chi connectivity index (χ0n) is 19.4. The lowest BCUT2D eigenvalue weighted by Crippen LogP contribution is -2.53. The summed E-state index contributed by atoms with van der Waals surface area (Å²) in [5.74, 6) is -1.56. The van der Waals surface area contributed by atoms with Crippen LogP contribution in [-0.2, 0) is 4.79 Å². The molecule has 1 aromatic heterocycles. The van der Waals surface area contributed by atoms with E-state index in [2.05, 4.69) is 11.1 Å². The summed E-state index contributed by atoms with van der Waals surface area (Å²) in [5, 5.41) is 19.0. The fraction of sp³-hybridized carbons (Fsp3) is 0.192. The molecule has 9 nitrogen and oxygen atoms in total. The zero-order valence-corrected chi connectivity index (χ0v) is 20.9. The number of carbonyl (C=O) groups excluding carboxylic acids is 2. The lowest BCUT2D eigenvalue weighted by atomic mass is 9.80. The van der Waals surface area contributed by atoms with Gasteiger partial charge in [0.25, 0.3) is 5.91 Å². The van der Waals surface area contributed by atoms with Crippen LogP contribution in [0.2, 0.25) is 10.0 Å². The van der Waals surface area contributed by atoms with Gasteiger partial charge in [0, 0.05) is 35.8 Å². The molecule has 2 aliphatic heterocycles. The van der Waals surface area contributed by atoms with Crippen molar-refractivity contribution in [3.63, 3.8) is 0 Å². The molecule has 186 valence electrons. The lowest BCUT2D eigenvalue weighted by Gasteiger charge is -2.33. The fourth-order valence-electron chi connectivity index (χ4n) is 5.08. The Morgan fingerprint density at radius 2 is 1.78 bits per heavy atom. The largest absolute Gasteiger partial charge is 0.478 e. The van der Waals surface area contributed by atoms with Gasteiger partial charge in [-0.2, -0.15) is 5.26 Å². The van der Waals surface area contributed by atoms with E-state index >= 15 is 0 Å². The summed E-state index contributed by atoms with van der Waals surface area (Å²) < 4.78 is 0. The molecule has 2 unspecified atom stereocenters. The topological polar surface area (TPSA) is 118 Å². The predicted molar refractivity (Wildman–Crippen MR) is 137 cm³/mol. The van der Waals surface area contributed by atoms with Gasteiger partial charge < -0.3 is 14.9 Å². The summed E-state index contributed by atoms with van der Waals surface area (Å²) in [6.07, 6.45) is 1.25. The summed E-state index contributed by atoms with van der Waals surface area (Å²) >= 11 is 12.3. The number of aromatic nitrogens is 1. The number of likely N-dealkylation sites (N-methyl/N-ethyl adjacent to an activating group) is 1. The molecular weight excluding hydrogens is 517 g/mol. The molecule has 0 saturated carbocycles. The third-order valence-corrected chi connectivity index (χ3v) is 7.36. The van der Waals surface area contributed by atoms with Crippen LogP contribution >= 0.6 is 23.2 Å². The molecule has 3 heterocycles. The molecule has 0 aliphatic carbocycles. The number of imide groups is 1. The van der Waals surface area contributed by atoms with Crippen molar-refractivity contribution in [2.45, 2.75) is 11.5 Å². The Hall–Kier alpha value is -4.13. The molecule has 37 heavy (non-hydrogen) atoms. The zero-order chi connectivity index (χ0) is 26.5. The summed E-state index contributed by atoms with van der Waals surface area (Å²) in [6, 6.07) is 16.0. The minimum atomic E-state index is -1.31. The Kier molecular flexibility index (Phi) is 6.02. The second-order valence-corrected chi connectivity index (χ2v) is 9.78. The van der Waals surface area contributed by atoms with E-state index in [0.29, 0.717) is 17.9 Å². The molecule has 2 fully saturated rings. The molecule has 3 amide bonds. The number of urea groups is 1. The minimum Gasteiger partial charge on any atom is -0.478 e. The summed E-state index contributed by atoms with van der Waals surface area (Å²) in [6.45, 7) is 0.432. The Labute approximate surface area is 222 Å². The van der Waals surface area contributed by atoms with Crippen molar-refractivity contribution in [3.8, 4) is 6.07 Å². The van der Waals surface area contributed by atoms with Crippen molar-refractivity contribution in [3.05, 3.63) is 87.5 Å². The number of amides is 3. The fourth-order valence-corrected chi connectivity index (χ4v) is 5.59. The number of carboxylic acids is 1. The van der Waals surface area contributed by atoms with Gasteiger partial charge in [0.15, 0.2) is 0 Å². The highest BCUT2D eigenvalue weighted by Crippen LogP contribution is 2.47. The van der Waals surface area contributed by atoms with Crippen molar-refractivity contribution >= 4 is 52.6 Å². The van der Waals surface area contributed by atoms with Gasteiger partial charge in [0.2, 0.25) is 0 Å². The Bertz CT molecular complexity index is 1450. The molecule has 0 bridgehead atoms. The molecule has 2 atom stereocenters. The average Bonchev–Trinajstić information content (AvgIpc) is 3.37. The van der Waals surface area contributed by atoms with Gasteiger partial charge >= 0.3 is 12.0 Å². The van der Waals surface area contributed by atoms with E-state index in [4.69, 9.17) is 23.2 Å². The molecule has 1 N–H and O–H groups in total. The normalized spacial score (nSPS) is 21.1. The maximum atomic E-state index is 14.2. The van der Waals surface area contributed by atoms with E-state index in [9.17, 15) is 24.8 Å². The molecule has 2 aromatic carbocycles. The monoisotopic (exact) mass is 535 g/mol. The van der Waals surface area contributed by atoms with Crippen LogP contribution in [0, 0.1) is 11.3 Å². The van der Waals surface area contributed by atoms with E-state index in [0.717, 1.165) is 10.5 Å². The molecule has 3 aromatic rings.